The number of hydrogen-bond donors (Lipinski definition) is 0. The maximum absolute atomic E-state index is 10.2. The van der Waals surface area contributed by atoms with Crippen molar-refractivity contribution in [2.75, 3.05) is 0 Å². The lowest BCUT2D eigenvalue weighted by Gasteiger charge is -2.26. The van der Waals surface area contributed by atoms with Crippen LogP contribution in [0.2, 0.25) is 0 Å². The van der Waals surface area contributed by atoms with Crippen LogP contribution >= 0.6 is 0 Å². The number of fused-ring (bicyclic) bond motifs is 3. The lowest BCUT2D eigenvalue weighted by Crippen LogP contribution is -2.17. The minimum absolute atomic E-state index is 0.0626. The summed E-state index contributed by atoms with van der Waals surface area (Å²) in [5.41, 5.74) is 10.8. The van der Waals surface area contributed by atoms with Gasteiger partial charge in [0.25, 0.3) is 0 Å². The van der Waals surface area contributed by atoms with E-state index in [0.717, 1.165) is 49.7 Å². The van der Waals surface area contributed by atoms with Gasteiger partial charge in [-0.05, 0) is 94.5 Å². The van der Waals surface area contributed by atoms with Gasteiger partial charge < -0.3 is 4.57 Å². The van der Waals surface area contributed by atoms with Gasteiger partial charge in [-0.1, -0.05) is 116 Å². The van der Waals surface area contributed by atoms with Crippen LogP contribution in [0.3, 0.4) is 0 Å². The molecule has 0 atom stereocenters. The molecule has 0 saturated heterocycles. The van der Waals surface area contributed by atoms with Crippen LogP contribution in [0.25, 0.3) is 61.7 Å². The molecule has 0 bridgehead atoms. The summed E-state index contributed by atoms with van der Waals surface area (Å²) < 4.78 is 2.27. The van der Waals surface area contributed by atoms with E-state index < -0.39 is 0 Å². The zero-order valence-electron chi connectivity index (χ0n) is 32.1. The molecule has 260 valence electrons. The lowest BCUT2D eigenvalue weighted by atomic mass is 9.79. The highest BCUT2D eigenvalue weighted by Gasteiger charge is 2.25. The fourth-order valence-electron chi connectivity index (χ4n) is 6.88. The van der Waals surface area contributed by atoms with Gasteiger partial charge in [-0.15, -0.1) is 0 Å². The second kappa shape index (κ2) is 12.6. The van der Waals surface area contributed by atoms with E-state index in [9.17, 15) is 5.26 Å². The number of hydrogen-bond acceptors (Lipinski definition) is 4. The molecule has 0 aliphatic carbocycles. The molecular weight excluding hydrogens is 635 g/mol. The van der Waals surface area contributed by atoms with Crippen molar-refractivity contribution in [3.8, 4) is 45.9 Å². The molecule has 0 N–H and O–H groups in total. The van der Waals surface area contributed by atoms with Crippen molar-refractivity contribution in [1.82, 2.24) is 19.5 Å². The fourth-order valence-corrected chi connectivity index (χ4v) is 6.88. The first-order valence-electron chi connectivity index (χ1n) is 18.1. The zero-order chi connectivity index (χ0) is 37.2. The summed E-state index contributed by atoms with van der Waals surface area (Å²) in [6.45, 7) is 22.3. The number of nitriles is 1. The zero-order valence-corrected chi connectivity index (χ0v) is 32.1. The van der Waals surface area contributed by atoms with Gasteiger partial charge in [0.05, 0.1) is 28.4 Å². The molecule has 52 heavy (non-hydrogen) atoms. The van der Waals surface area contributed by atoms with Crippen LogP contribution in [-0.2, 0) is 16.2 Å². The van der Waals surface area contributed by atoms with Gasteiger partial charge in [0.1, 0.15) is 0 Å². The molecule has 0 amide bonds. The minimum Gasteiger partial charge on any atom is -0.309 e. The van der Waals surface area contributed by atoms with Crippen LogP contribution in [0.15, 0.2) is 103 Å². The lowest BCUT2D eigenvalue weighted by molar-refractivity contribution is 0.569. The molecule has 5 aromatic carbocycles. The number of aryl methyl sites for hydroxylation is 1. The van der Waals surface area contributed by atoms with E-state index >= 15 is 0 Å². The monoisotopic (exact) mass is 681 g/mol. The van der Waals surface area contributed by atoms with Gasteiger partial charge in [0.15, 0.2) is 17.5 Å². The predicted octanol–water partition coefficient (Wildman–Crippen LogP) is 12.0. The SMILES string of the molecule is Cc1cc(-c2nc(-c3cc(C(C)(C)C)cc(C(C)(C)C)c3)nc(-c3cc(C#N)ccc3-n3c4ccccc4c4ccccc43)n2)cc(C(C)(C)C)c1. The highest BCUT2D eigenvalue weighted by Crippen LogP contribution is 2.38. The Kier molecular flexibility index (Phi) is 8.42. The second-order valence-corrected chi connectivity index (χ2v) is 17.2. The van der Waals surface area contributed by atoms with E-state index in [2.05, 4.69) is 165 Å². The van der Waals surface area contributed by atoms with Crippen LogP contribution in [-0.4, -0.2) is 19.5 Å². The molecule has 5 nitrogen and oxygen atoms in total. The normalized spacial score (nSPS) is 12.4. The molecule has 7 rings (SSSR count). The molecule has 0 unspecified atom stereocenters. The molecule has 2 heterocycles. The van der Waals surface area contributed by atoms with Gasteiger partial charge in [0, 0.05) is 27.5 Å². The average Bonchev–Trinajstić information content (AvgIpc) is 3.44. The largest absolute Gasteiger partial charge is 0.309 e. The van der Waals surface area contributed by atoms with Crippen LogP contribution in [0.1, 0.15) is 90.1 Å². The number of benzene rings is 5. The average molecular weight is 682 g/mol. The van der Waals surface area contributed by atoms with Gasteiger partial charge in [-0.2, -0.15) is 5.26 Å². The van der Waals surface area contributed by atoms with Gasteiger partial charge in [0.2, 0.25) is 0 Å². The molecule has 7 aromatic rings. The fraction of sp³-hybridized carbons (Fsp3) is 0.277. The molecular formula is C47H47N5. The molecule has 2 aromatic heterocycles. The highest BCUT2D eigenvalue weighted by atomic mass is 15.1. The van der Waals surface area contributed by atoms with E-state index in [1.807, 2.05) is 18.2 Å². The van der Waals surface area contributed by atoms with Gasteiger partial charge in [-0.3, -0.25) is 0 Å². The van der Waals surface area contributed by atoms with Crippen molar-refractivity contribution < 1.29 is 0 Å². The topological polar surface area (TPSA) is 67.4 Å². The third-order valence-electron chi connectivity index (χ3n) is 9.95. The van der Waals surface area contributed by atoms with E-state index in [1.54, 1.807) is 0 Å². The maximum Gasteiger partial charge on any atom is 0.166 e. The number of rotatable bonds is 4. The quantitative estimate of drug-likeness (QED) is 0.185. The van der Waals surface area contributed by atoms with E-state index in [-0.39, 0.29) is 16.2 Å². The van der Waals surface area contributed by atoms with Crippen molar-refractivity contribution in [3.63, 3.8) is 0 Å². The van der Waals surface area contributed by atoms with Gasteiger partial charge >= 0.3 is 0 Å². The smallest absolute Gasteiger partial charge is 0.166 e. The van der Waals surface area contributed by atoms with Crippen molar-refractivity contribution in [2.45, 2.75) is 85.5 Å². The van der Waals surface area contributed by atoms with Crippen LogP contribution in [0.4, 0.5) is 0 Å². The summed E-state index contributed by atoms with van der Waals surface area (Å²) in [7, 11) is 0. The Balaban J connectivity index is 1.58. The summed E-state index contributed by atoms with van der Waals surface area (Å²) in [4.78, 5) is 15.8. The Hall–Kier alpha value is -5.60. The third kappa shape index (κ3) is 6.50. The molecule has 0 saturated carbocycles. The summed E-state index contributed by atoms with van der Waals surface area (Å²) in [5.74, 6) is 1.72. The Labute approximate surface area is 308 Å². The van der Waals surface area contributed by atoms with Crippen LogP contribution in [0, 0.1) is 18.3 Å². The van der Waals surface area contributed by atoms with Crippen molar-refractivity contribution in [1.29, 1.82) is 5.26 Å². The number of aromatic nitrogens is 4. The summed E-state index contributed by atoms with van der Waals surface area (Å²) in [6.07, 6.45) is 0. The Morgan fingerprint density at radius 1 is 0.519 bits per heavy atom. The first kappa shape index (κ1) is 34.8. The van der Waals surface area contributed by atoms with Crippen molar-refractivity contribution >= 4 is 21.8 Å². The first-order chi connectivity index (χ1) is 24.5. The Bertz CT molecular complexity index is 2460. The molecule has 0 aliphatic rings. The molecule has 0 spiro atoms. The van der Waals surface area contributed by atoms with Crippen molar-refractivity contribution in [2.24, 2.45) is 0 Å². The summed E-state index contributed by atoms with van der Waals surface area (Å²) in [5, 5.41) is 12.5. The van der Waals surface area contributed by atoms with Crippen molar-refractivity contribution in [3.05, 3.63) is 131 Å². The van der Waals surface area contributed by atoms with Crippen LogP contribution in [0.5, 0.6) is 0 Å². The number of para-hydroxylation sites is 2. The summed E-state index contributed by atoms with van der Waals surface area (Å²) >= 11 is 0. The van der Waals surface area contributed by atoms with Gasteiger partial charge in [-0.25, -0.2) is 15.0 Å². The van der Waals surface area contributed by atoms with E-state index in [0.29, 0.717) is 23.0 Å². The molecule has 0 aliphatic heterocycles. The number of nitrogens with zero attached hydrogens (tertiary/aromatic N) is 5. The molecule has 0 fully saturated rings. The maximum atomic E-state index is 10.2. The van der Waals surface area contributed by atoms with E-state index in [1.165, 1.54) is 16.7 Å². The first-order valence-corrected chi connectivity index (χ1v) is 18.1. The molecule has 5 heteroatoms. The second-order valence-electron chi connectivity index (χ2n) is 17.2. The van der Waals surface area contributed by atoms with Crippen LogP contribution < -0.4 is 0 Å². The standard InChI is InChI=1S/C47H47N5/c1-29-21-31(24-33(22-29)45(2,3)4)42-49-43(32-25-34(46(5,6)7)27-35(26-32)47(8,9)10)51-44(50-42)38-23-30(28-48)19-20-41(38)52-39-17-13-11-15-36(39)37-16-12-14-18-40(37)52/h11-27H,1-10H3. The third-order valence-corrected chi connectivity index (χ3v) is 9.95. The summed E-state index contributed by atoms with van der Waals surface area (Å²) in [6, 6.07) is 38.5. The molecule has 0 radical (unpaired) electrons. The minimum atomic E-state index is -0.0856. The Morgan fingerprint density at radius 2 is 0.981 bits per heavy atom. The Morgan fingerprint density at radius 3 is 1.48 bits per heavy atom. The van der Waals surface area contributed by atoms with E-state index in [4.69, 9.17) is 15.0 Å². The highest BCUT2D eigenvalue weighted by molar-refractivity contribution is 6.09. The predicted molar refractivity (Wildman–Crippen MR) is 216 cm³/mol.